The number of hydrazone groups is 1. The van der Waals surface area contributed by atoms with E-state index in [2.05, 4.69) is 15.5 Å². The summed E-state index contributed by atoms with van der Waals surface area (Å²) in [5.74, 6) is 1.01. The topological polar surface area (TPSA) is 72.8 Å². The van der Waals surface area contributed by atoms with Gasteiger partial charge in [0.2, 0.25) is 0 Å². The minimum absolute atomic E-state index is 0.310. The van der Waals surface area contributed by atoms with E-state index in [1.54, 1.807) is 56.9 Å². The lowest BCUT2D eigenvalue weighted by Crippen LogP contribution is -2.17. The second kappa shape index (κ2) is 7.04. The predicted octanol–water partition coefficient (Wildman–Crippen LogP) is 1.86. The molecule has 1 heterocycles. The summed E-state index contributed by atoms with van der Waals surface area (Å²) in [6.07, 6.45) is 4.59. The van der Waals surface area contributed by atoms with E-state index in [1.165, 1.54) is 6.21 Å². The number of ether oxygens (including phenoxy) is 2. The molecule has 0 aliphatic rings. The van der Waals surface area contributed by atoms with E-state index in [0.29, 0.717) is 22.6 Å². The number of amides is 1. The summed E-state index contributed by atoms with van der Waals surface area (Å²) in [4.78, 5) is 15.7. The highest BCUT2D eigenvalue weighted by atomic mass is 16.5. The van der Waals surface area contributed by atoms with Crippen molar-refractivity contribution >= 4 is 12.1 Å². The Hall–Kier alpha value is -2.89. The first-order valence-electron chi connectivity index (χ1n) is 6.20. The molecule has 6 nitrogen and oxygen atoms in total. The van der Waals surface area contributed by atoms with Crippen molar-refractivity contribution in [2.75, 3.05) is 14.2 Å². The molecular formula is C15H15N3O3. The number of methoxy groups -OCH3 is 2. The van der Waals surface area contributed by atoms with Crippen LogP contribution in [0.5, 0.6) is 11.5 Å². The lowest BCUT2D eigenvalue weighted by atomic mass is 10.2. The average molecular weight is 285 g/mol. The summed E-state index contributed by atoms with van der Waals surface area (Å²) >= 11 is 0. The third-order valence-corrected chi connectivity index (χ3v) is 2.75. The molecule has 0 spiro atoms. The molecule has 6 heteroatoms. The molecule has 1 amide bonds. The maximum atomic E-state index is 11.8. The second-order valence-electron chi connectivity index (χ2n) is 4.04. The van der Waals surface area contributed by atoms with Gasteiger partial charge in [-0.1, -0.05) is 0 Å². The SMILES string of the molecule is COc1ccc(OC)c(/C=N/NC(=O)c2ccncc2)c1. The van der Waals surface area contributed by atoms with Crippen LogP contribution in [-0.4, -0.2) is 31.3 Å². The van der Waals surface area contributed by atoms with E-state index in [0.717, 1.165) is 0 Å². The van der Waals surface area contributed by atoms with Crippen molar-refractivity contribution in [1.29, 1.82) is 0 Å². The maximum absolute atomic E-state index is 11.8. The summed E-state index contributed by atoms with van der Waals surface area (Å²) in [7, 11) is 3.14. The highest BCUT2D eigenvalue weighted by molar-refractivity contribution is 5.95. The van der Waals surface area contributed by atoms with Gasteiger partial charge in [0, 0.05) is 23.5 Å². The molecule has 0 saturated heterocycles. The van der Waals surface area contributed by atoms with E-state index in [4.69, 9.17) is 9.47 Å². The smallest absolute Gasteiger partial charge is 0.271 e. The van der Waals surface area contributed by atoms with E-state index in [9.17, 15) is 4.79 Å². The van der Waals surface area contributed by atoms with Gasteiger partial charge in [-0.05, 0) is 30.3 Å². The summed E-state index contributed by atoms with van der Waals surface area (Å²) < 4.78 is 10.4. The largest absolute Gasteiger partial charge is 0.497 e. The number of hydrogen-bond acceptors (Lipinski definition) is 5. The molecule has 0 unspecified atom stereocenters. The van der Waals surface area contributed by atoms with Crippen LogP contribution in [0.1, 0.15) is 15.9 Å². The fourth-order valence-electron chi connectivity index (χ4n) is 1.67. The summed E-state index contributed by atoms with van der Waals surface area (Å²) in [5.41, 5.74) is 3.63. The summed E-state index contributed by atoms with van der Waals surface area (Å²) in [6, 6.07) is 8.53. The van der Waals surface area contributed by atoms with Crippen LogP contribution in [0.15, 0.2) is 47.8 Å². The number of nitrogens with one attached hydrogen (secondary N) is 1. The highest BCUT2D eigenvalue weighted by Crippen LogP contribution is 2.22. The van der Waals surface area contributed by atoms with Crippen molar-refractivity contribution in [2.24, 2.45) is 5.10 Å². The van der Waals surface area contributed by atoms with Crippen molar-refractivity contribution in [3.8, 4) is 11.5 Å². The number of rotatable bonds is 5. The number of aromatic nitrogens is 1. The van der Waals surface area contributed by atoms with E-state index < -0.39 is 0 Å². The van der Waals surface area contributed by atoms with E-state index in [1.807, 2.05) is 0 Å². The van der Waals surface area contributed by atoms with Gasteiger partial charge in [-0.15, -0.1) is 0 Å². The zero-order valence-electron chi connectivity index (χ0n) is 11.7. The van der Waals surface area contributed by atoms with Crippen LogP contribution in [0.25, 0.3) is 0 Å². The molecule has 0 fully saturated rings. The molecular weight excluding hydrogens is 270 g/mol. The maximum Gasteiger partial charge on any atom is 0.271 e. The average Bonchev–Trinajstić information content (AvgIpc) is 2.55. The molecule has 1 aromatic heterocycles. The number of hydrogen-bond donors (Lipinski definition) is 1. The third-order valence-electron chi connectivity index (χ3n) is 2.75. The van der Waals surface area contributed by atoms with Gasteiger partial charge in [-0.3, -0.25) is 9.78 Å². The molecule has 2 aromatic rings. The first-order valence-corrected chi connectivity index (χ1v) is 6.20. The predicted molar refractivity (Wildman–Crippen MR) is 78.8 cm³/mol. The molecule has 21 heavy (non-hydrogen) atoms. The quantitative estimate of drug-likeness (QED) is 0.672. The first-order chi connectivity index (χ1) is 10.2. The monoisotopic (exact) mass is 285 g/mol. The van der Waals surface area contributed by atoms with Gasteiger partial charge in [0.15, 0.2) is 0 Å². The zero-order valence-corrected chi connectivity index (χ0v) is 11.7. The van der Waals surface area contributed by atoms with Gasteiger partial charge in [0.05, 0.1) is 20.4 Å². The van der Waals surface area contributed by atoms with Crippen LogP contribution in [0.4, 0.5) is 0 Å². The van der Waals surface area contributed by atoms with Gasteiger partial charge in [0.25, 0.3) is 5.91 Å². The van der Waals surface area contributed by atoms with Crippen LogP contribution >= 0.6 is 0 Å². The second-order valence-corrected chi connectivity index (χ2v) is 4.04. The van der Waals surface area contributed by atoms with Crippen LogP contribution in [-0.2, 0) is 0 Å². The Bertz CT molecular complexity index is 642. The fraction of sp³-hybridized carbons (Fsp3) is 0.133. The third kappa shape index (κ3) is 3.79. The Morgan fingerprint density at radius 3 is 2.62 bits per heavy atom. The molecule has 0 aliphatic carbocycles. The minimum atomic E-state index is -0.310. The highest BCUT2D eigenvalue weighted by Gasteiger charge is 2.04. The molecule has 0 atom stereocenters. The standard InChI is InChI=1S/C15H15N3O3/c1-20-13-3-4-14(21-2)12(9-13)10-17-18-15(19)11-5-7-16-8-6-11/h3-10H,1-2H3,(H,18,19)/b17-10+. The number of benzene rings is 1. The summed E-state index contributed by atoms with van der Waals surface area (Å²) in [6.45, 7) is 0. The van der Waals surface area contributed by atoms with Crippen molar-refractivity contribution in [3.63, 3.8) is 0 Å². The molecule has 0 radical (unpaired) electrons. The Morgan fingerprint density at radius 2 is 1.95 bits per heavy atom. The van der Waals surface area contributed by atoms with Gasteiger partial charge >= 0.3 is 0 Å². The molecule has 0 aliphatic heterocycles. The molecule has 1 N–H and O–H groups in total. The number of nitrogens with zero attached hydrogens (tertiary/aromatic N) is 2. The van der Waals surface area contributed by atoms with Gasteiger partial charge in [0.1, 0.15) is 11.5 Å². The van der Waals surface area contributed by atoms with Crippen molar-refractivity contribution in [1.82, 2.24) is 10.4 Å². The number of carbonyl (C=O) groups excluding carboxylic acids is 1. The van der Waals surface area contributed by atoms with Gasteiger partial charge in [-0.25, -0.2) is 5.43 Å². The van der Waals surface area contributed by atoms with Crippen molar-refractivity contribution in [2.45, 2.75) is 0 Å². The lowest BCUT2D eigenvalue weighted by molar-refractivity contribution is 0.0955. The van der Waals surface area contributed by atoms with E-state index >= 15 is 0 Å². The van der Waals surface area contributed by atoms with Crippen molar-refractivity contribution in [3.05, 3.63) is 53.9 Å². The van der Waals surface area contributed by atoms with Crippen LogP contribution in [0.2, 0.25) is 0 Å². The van der Waals surface area contributed by atoms with Gasteiger partial charge < -0.3 is 9.47 Å². The molecule has 2 rings (SSSR count). The lowest BCUT2D eigenvalue weighted by Gasteiger charge is -2.06. The molecule has 1 aromatic carbocycles. The van der Waals surface area contributed by atoms with Crippen LogP contribution in [0, 0.1) is 0 Å². The van der Waals surface area contributed by atoms with E-state index in [-0.39, 0.29) is 5.91 Å². The van der Waals surface area contributed by atoms with Crippen LogP contribution in [0.3, 0.4) is 0 Å². The van der Waals surface area contributed by atoms with Crippen molar-refractivity contribution < 1.29 is 14.3 Å². The molecule has 0 bridgehead atoms. The van der Waals surface area contributed by atoms with Gasteiger partial charge in [-0.2, -0.15) is 5.10 Å². The Kier molecular flexibility index (Phi) is 4.87. The Morgan fingerprint density at radius 1 is 1.19 bits per heavy atom. The van der Waals surface area contributed by atoms with Crippen LogP contribution < -0.4 is 14.9 Å². The molecule has 0 saturated carbocycles. The Labute approximate surface area is 122 Å². The minimum Gasteiger partial charge on any atom is -0.497 e. The summed E-state index contributed by atoms with van der Waals surface area (Å²) in [5, 5.41) is 3.92. The Balaban J connectivity index is 2.09. The number of carbonyl (C=O) groups is 1. The molecule has 108 valence electrons. The number of pyridine rings is 1. The first kappa shape index (κ1) is 14.5. The zero-order chi connectivity index (χ0) is 15.1. The fourth-order valence-corrected chi connectivity index (χ4v) is 1.67. The normalized spacial score (nSPS) is 10.4.